The quantitative estimate of drug-likeness (QED) is 0.661. The molecule has 6 heteroatoms. The first-order chi connectivity index (χ1) is 14.1. The highest BCUT2D eigenvalue weighted by Gasteiger charge is 2.35. The Morgan fingerprint density at radius 2 is 1.97 bits per heavy atom. The molecule has 4 nitrogen and oxygen atoms in total. The van der Waals surface area contributed by atoms with Gasteiger partial charge in [0.25, 0.3) is 5.91 Å². The zero-order valence-electron chi connectivity index (χ0n) is 16.3. The molecule has 3 aromatic rings. The third-order valence-corrected chi connectivity index (χ3v) is 6.40. The minimum absolute atomic E-state index is 0.207. The third-order valence-electron chi connectivity index (χ3n) is 5.51. The number of carbonyl (C=O) groups excluding carboxylic acids is 1. The van der Waals surface area contributed by atoms with Crippen molar-refractivity contribution in [3.05, 3.63) is 76.5 Å². The lowest BCUT2D eigenvalue weighted by atomic mass is 9.74. The van der Waals surface area contributed by atoms with E-state index in [1.807, 2.05) is 37.3 Å². The van der Waals surface area contributed by atoms with Crippen LogP contribution in [0.3, 0.4) is 0 Å². The predicted molar refractivity (Wildman–Crippen MR) is 113 cm³/mol. The van der Waals surface area contributed by atoms with Crippen LogP contribution in [-0.4, -0.2) is 30.6 Å². The second-order valence-corrected chi connectivity index (χ2v) is 8.35. The van der Waals surface area contributed by atoms with E-state index in [0.717, 1.165) is 29.0 Å². The van der Waals surface area contributed by atoms with Gasteiger partial charge in [-0.25, -0.2) is 9.37 Å². The minimum atomic E-state index is -0.328. The Hall–Kier alpha value is -2.57. The van der Waals surface area contributed by atoms with Crippen molar-refractivity contribution in [3.8, 4) is 10.6 Å². The number of carbonyl (C=O) groups is 1. The highest BCUT2D eigenvalue weighted by atomic mass is 32.1. The smallest absolute Gasteiger partial charge is 0.270 e. The predicted octanol–water partition coefficient (Wildman–Crippen LogP) is 4.74. The molecule has 29 heavy (non-hydrogen) atoms. The molecule has 0 aliphatic carbocycles. The Kier molecular flexibility index (Phi) is 5.74. The normalized spacial score (nSPS) is 15.8. The van der Waals surface area contributed by atoms with Gasteiger partial charge in [-0.05, 0) is 37.5 Å². The van der Waals surface area contributed by atoms with E-state index in [9.17, 15) is 9.18 Å². The zero-order valence-corrected chi connectivity index (χ0v) is 17.1. The number of halogens is 1. The van der Waals surface area contributed by atoms with Crippen LogP contribution in [0, 0.1) is 12.7 Å². The van der Waals surface area contributed by atoms with E-state index in [2.05, 4.69) is 10.3 Å². The van der Waals surface area contributed by atoms with Crippen molar-refractivity contribution in [1.29, 1.82) is 0 Å². The lowest BCUT2D eigenvalue weighted by molar-refractivity contribution is 0.0486. The van der Waals surface area contributed by atoms with Crippen LogP contribution in [0.2, 0.25) is 0 Å². The van der Waals surface area contributed by atoms with E-state index in [4.69, 9.17) is 4.74 Å². The molecule has 0 saturated carbocycles. The van der Waals surface area contributed by atoms with Gasteiger partial charge in [0.15, 0.2) is 0 Å². The number of amides is 1. The third kappa shape index (κ3) is 4.38. The molecule has 1 fully saturated rings. The maximum absolute atomic E-state index is 13.8. The van der Waals surface area contributed by atoms with Crippen LogP contribution >= 0.6 is 11.3 Å². The van der Waals surface area contributed by atoms with Crippen LogP contribution < -0.4 is 5.32 Å². The van der Waals surface area contributed by atoms with Crippen molar-refractivity contribution in [1.82, 2.24) is 10.3 Å². The van der Waals surface area contributed by atoms with Gasteiger partial charge in [-0.3, -0.25) is 4.79 Å². The zero-order chi connectivity index (χ0) is 20.3. The van der Waals surface area contributed by atoms with Gasteiger partial charge in [-0.15, -0.1) is 11.3 Å². The molecule has 2 heterocycles. The molecule has 4 rings (SSSR count). The molecular formula is C23H23FN2O2S. The second-order valence-electron chi connectivity index (χ2n) is 7.49. The Morgan fingerprint density at radius 1 is 1.21 bits per heavy atom. The molecule has 1 N–H and O–H groups in total. The van der Waals surface area contributed by atoms with Crippen molar-refractivity contribution >= 4 is 17.2 Å². The Bertz CT molecular complexity index is 994. The van der Waals surface area contributed by atoms with E-state index < -0.39 is 0 Å². The average Bonchev–Trinajstić information content (AvgIpc) is 3.24. The van der Waals surface area contributed by atoms with Crippen LogP contribution in [0.25, 0.3) is 10.6 Å². The lowest BCUT2D eigenvalue weighted by Gasteiger charge is -2.37. The number of nitrogens with one attached hydrogen (secondary N) is 1. The van der Waals surface area contributed by atoms with Crippen molar-refractivity contribution in [3.63, 3.8) is 0 Å². The van der Waals surface area contributed by atoms with Crippen LogP contribution in [0.4, 0.5) is 4.39 Å². The highest BCUT2D eigenvalue weighted by molar-refractivity contribution is 7.13. The molecule has 2 aromatic carbocycles. The first-order valence-electron chi connectivity index (χ1n) is 9.70. The molecule has 1 saturated heterocycles. The molecule has 0 unspecified atom stereocenters. The van der Waals surface area contributed by atoms with Crippen molar-refractivity contribution in [2.24, 2.45) is 0 Å². The minimum Gasteiger partial charge on any atom is -0.381 e. The molecular weight excluding hydrogens is 387 g/mol. The fraction of sp³-hybridized carbons (Fsp3) is 0.304. The first-order valence-corrected chi connectivity index (χ1v) is 10.6. The fourth-order valence-corrected chi connectivity index (χ4v) is 4.50. The molecule has 1 aliphatic rings. The molecule has 0 bridgehead atoms. The molecule has 150 valence electrons. The Morgan fingerprint density at radius 3 is 2.69 bits per heavy atom. The monoisotopic (exact) mass is 410 g/mol. The molecule has 0 radical (unpaired) electrons. The van der Waals surface area contributed by atoms with Crippen molar-refractivity contribution < 1.29 is 13.9 Å². The maximum Gasteiger partial charge on any atom is 0.270 e. The van der Waals surface area contributed by atoms with Crippen LogP contribution in [0.5, 0.6) is 0 Å². The summed E-state index contributed by atoms with van der Waals surface area (Å²) < 4.78 is 19.3. The van der Waals surface area contributed by atoms with Gasteiger partial charge in [0.2, 0.25) is 0 Å². The summed E-state index contributed by atoms with van der Waals surface area (Å²) in [5.41, 5.74) is 3.17. The molecule has 1 aliphatic heterocycles. The number of hydrogen-bond donors (Lipinski definition) is 1. The van der Waals surface area contributed by atoms with Crippen LogP contribution in [-0.2, 0) is 10.2 Å². The second kappa shape index (κ2) is 8.43. The molecule has 0 atom stereocenters. The highest BCUT2D eigenvalue weighted by Crippen LogP contribution is 2.34. The van der Waals surface area contributed by atoms with Gasteiger partial charge in [0.05, 0.1) is 0 Å². The topological polar surface area (TPSA) is 51.2 Å². The largest absolute Gasteiger partial charge is 0.381 e. The Labute approximate surface area is 173 Å². The van der Waals surface area contributed by atoms with Gasteiger partial charge in [0.1, 0.15) is 16.5 Å². The number of rotatable bonds is 5. The van der Waals surface area contributed by atoms with E-state index in [0.29, 0.717) is 25.5 Å². The van der Waals surface area contributed by atoms with Gasteiger partial charge < -0.3 is 10.1 Å². The average molecular weight is 411 g/mol. The summed E-state index contributed by atoms with van der Waals surface area (Å²) in [7, 11) is 0. The van der Waals surface area contributed by atoms with E-state index in [1.54, 1.807) is 17.5 Å². The number of aromatic nitrogens is 1. The summed E-state index contributed by atoms with van der Waals surface area (Å²) in [6.07, 6.45) is 1.48. The van der Waals surface area contributed by atoms with E-state index in [1.165, 1.54) is 23.0 Å². The summed E-state index contributed by atoms with van der Waals surface area (Å²) in [6, 6.07) is 14.7. The summed E-state index contributed by atoms with van der Waals surface area (Å²) in [5, 5.41) is 5.63. The first kappa shape index (κ1) is 19.7. The molecule has 1 aromatic heterocycles. The van der Waals surface area contributed by atoms with E-state index >= 15 is 0 Å². The SMILES string of the molecule is Cc1ccc(-c2nc(C(=O)NCC3(c4cccc(F)c4)CCOCC3)cs2)cc1. The number of nitrogens with zero attached hydrogens (tertiary/aromatic N) is 1. The fourth-order valence-electron chi connectivity index (χ4n) is 3.69. The van der Waals surface area contributed by atoms with E-state index in [-0.39, 0.29) is 17.1 Å². The summed E-state index contributed by atoms with van der Waals surface area (Å²) in [6.45, 7) is 3.66. The number of aryl methyl sites for hydroxylation is 1. The standard InChI is InChI=1S/C23H23FN2O2S/c1-16-5-7-17(8-6-16)22-26-20(14-29-22)21(27)25-15-23(9-11-28-12-10-23)18-3-2-4-19(24)13-18/h2-8,13-14H,9-12,15H2,1H3,(H,25,27). The summed E-state index contributed by atoms with van der Waals surface area (Å²) in [4.78, 5) is 17.3. The summed E-state index contributed by atoms with van der Waals surface area (Å²) >= 11 is 1.45. The van der Waals surface area contributed by atoms with Crippen molar-refractivity contribution in [2.45, 2.75) is 25.2 Å². The van der Waals surface area contributed by atoms with Gasteiger partial charge in [-0.1, -0.05) is 42.0 Å². The van der Waals surface area contributed by atoms with Crippen molar-refractivity contribution in [2.75, 3.05) is 19.8 Å². The lowest BCUT2D eigenvalue weighted by Crippen LogP contribution is -2.44. The maximum atomic E-state index is 13.8. The number of ether oxygens (including phenoxy) is 1. The van der Waals surface area contributed by atoms with Crippen LogP contribution in [0.15, 0.2) is 53.9 Å². The summed E-state index contributed by atoms with van der Waals surface area (Å²) in [5.74, 6) is -0.469. The number of thiazole rings is 1. The number of benzene rings is 2. The van der Waals surface area contributed by atoms with Crippen LogP contribution in [0.1, 0.15) is 34.5 Å². The molecule has 1 amide bonds. The van der Waals surface area contributed by atoms with Gasteiger partial charge >= 0.3 is 0 Å². The van der Waals surface area contributed by atoms with Gasteiger partial charge in [0, 0.05) is 36.1 Å². The number of hydrogen-bond acceptors (Lipinski definition) is 4. The molecule has 0 spiro atoms. The Balaban J connectivity index is 1.49. The van der Waals surface area contributed by atoms with Gasteiger partial charge in [-0.2, -0.15) is 0 Å².